The van der Waals surface area contributed by atoms with Crippen LogP contribution in [0.3, 0.4) is 0 Å². The normalized spacial score (nSPS) is 17.4. The first-order chi connectivity index (χ1) is 9.61. The summed E-state index contributed by atoms with van der Waals surface area (Å²) in [6.07, 6.45) is -2.49. The summed E-state index contributed by atoms with van der Waals surface area (Å²) in [4.78, 5) is 2.11. The van der Waals surface area contributed by atoms with Gasteiger partial charge in [-0.3, -0.25) is 4.90 Å². The van der Waals surface area contributed by atoms with Crippen molar-refractivity contribution in [1.29, 1.82) is 0 Å². The van der Waals surface area contributed by atoms with E-state index in [4.69, 9.17) is 4.74 Å². The topological polar surface area (TPSA) is 24.5 Å². The summed E-state index contributed by atoms with van der Waals surface area (Å²) < 4.78 is 32.0. The lowest BCUT2D eigenvalue weighted by atomic mass is 10.0. The number of rotatable bonds is 5. The predicted molar refractivity (Wildman–Crippen MR) is 85.7 cm³/mol. The van der Waals surface area contributed by atoms with Crippen molar-refractivity contribution < 1.29 is 13.5 Å². The Bertz CT molecular complexity index is 445. The third-order valence-electron chi connectivity index (χ3n) is 3.56. The second kappa shape index (κ2) is 8.88. The maximum absolute atomic E-state index is 13.0. The van der Waals surface area contributed by atoms with Gasteiger partial charge in [-0.05, 0) is 23.8 Å². The molecular formula is C14H20BrClF2N2O. The minimum absolute atomic E-state index is 0. The molecule has 0 radical (unpaired) electrons. The maximum Gasteiger partial charge on any atom is 0.240 e. The van der Waals surface area contributed by atoms with Crippen LogP contribution in [-0.4, -0.2) is 44.6 Å². The first-order valence-corrected chi connectivity index (χ1v) is 7.47. The highest BCUT2D eigenvalue weighted by atomic mass is 79.9. The first-order valence-electron chi connectivity index (χ1n) is 6.68. The maximum atomic E-state index is 13.0. The van der Waals surface area contributed by atoms with Gasteiger partial charge in [0, 0.05) is 43.1 Å². The second-order valence-corrected chi connectivity index (χ2v) is 5.67. The minimum Gasteiger partial charge on any atom is -0.497 e. The molecular weight excluding hydrogens is 366 g/mol. The molecule has 0 bridgehead atoms. The zero-order valence-corrected chi connectivity index (χ0v) is 14.2. The molecule has 1 fully saturated rings. The van der Waals surface area contributed by atoms with E-state index < -0.39 is 6.43 Å². The molecule has 0 saturated carbocycles. The minimum atomic E-state index is -2.33. The van der Waals surface area contributed by atoms with E-state index in [9.17, 15) is 8.78 Å². The first kappa shape index (κ1) is 18.6. The molecule has 0 aromatic heterocycles. The molecule has 1 aromatic carbocycles. The summed E-state index contributed by atoms with van der Waals surface area (Å²) in [7, 11) is 1.58. The zero-order valence-electron chi connectivity index (χ0n) is 11.8. The highest BCUT2D eigenvalue weighted by Crippen LogP contribution is 2.35. The lowest BCUT2D eigenvalue weighted by Gasteiger charge is -2.35. The van der Waals surface area contributed by atoms with Gasteiger partial charge in [-0.1, -0.05) is 15.9 Å². The summed E-state index contributed by atoms with van der Waals surface area (Å²) in [6.45, 7) is 3.23. The molecule has 0 amide bonds. The van der Waals surface area contributed by atoms with Crippen LogP contribution in [0, 0.1) is 0 Å². The molecule has 1 aromatic rings. The van der Waals surface area contributed by atoms with Gasteiger partial charge in [-0.15, -0.1) is 12.4 Å². The number of nitrogens with zero attached hydrogens (tertiary/aromatic N) is 1. The summed E-state index contributed by atoms with van der Waals surface area (Å²) in [5.41, 5.74) is 0.867. The third kappa shape index (κ3) is 5.06. The Kier molecular flexibility index (Phi) is 7.87. The third-order valence-corrected chi connectivity index (χ3v) is 4.28. The van der Waals surface area contributed by atoms with Gasteiger partial charge in [0.15, 0.2) is 0 Å². The van der Waals surface area contributed by atoms with Crippen LogP contribution >= 0.6 is 28.3 Å². The van der Waals surface area contributed by atoms with Crippen molar-refractivity contribution in [2.75, 3.05) is 33.3 Å². The van der Waals surface area contributed by atoms with Crippen molar-refractivity contribution in [3.63, 3.8) is 0 Å². The summed E-state index contributed by atoms with van der Waals surface area (Å²) in [5.74, 6) is 0.692. The van der Waals surface area contributed by atoms with Crippen LogP contribution in [0.15, 0.2) is 22.7 Å². The number of alkyl halides is 2. The van der Waals surface area contributed by atoms with Crippen molar-refractivity contribution >= 4 is 28.3 Å². The Balaban J connectivity index is 0.00000220. The van der Waals surface area contributed by atoms with E-state index in [2.05, 4.69) is 26.1 Å². The largest absolute Gasteiger partial charge is 0.497 e. The van der Waals surface area contributed by atoms with Crippen LogP contribution in [0.25, 0.3) is 0 Å². The van der Waals surface area contributed by atoms with Crippen molar-refractivity contribution in [1.82, 2.24) is 10.2 Å². The van der Waals surface area contributed by atoms with Gasteiger partial charge in [-0.2, -0.15) is 0 Å². The van der Waals surface area contributed by atoms with Gasteiger partial charge in [0.25, 0.3) is 0 Å². The smallest absolute Gasteiger partial charge is 0.240 e. The highest BCUT2D eigenvalue weighted by molar-refractivity contribution is 9.10. The monoisotopic (exact) mass is 384 g/mol. The summed E-state index contributed by atoms with van der Waals surface area (Å²) in [5, 5.41) is 3.25. The van der Waals surface area contributed by atoms with Crippen molar-refractivity contribution in [3.05, 3.63) is 28.2 Å². The Morgan fingerprint density at radius 1 is 1.33 bits per heavy atom. The molecule has 0 spiro atoms. The average molecular weight is 386 g/mol. The molecule has 1 heterocycles. The average Bonchev–Trinajstić information content (AvgIpc) is 2.46. The van der Waals surface area contributed by atoms with Gasteiger partial charge in [0.2, 0.25) is 6.43 Å². The van der Waals surface area contributed by atoms with E-state index in [0.717, 1.165) is 36.2 Å². The molecule has 7 heteroatoms. The molecule has 1 aliphatic rings. The zero-order chi connectivity index (χ0) is 14.5. The van der Waals surface area contributed by atoms with Crippen LogP contribution in [0.1, 0.15) is 18.0 Å². The molecule has 21 heavy (non-hydrogen) atoms. The molecule has 1 saturated heterocycles. The Morgan fingerprint density at radius 2 is 2.00 bits per heavy atom. The highest BCUT2D eigenvalue weighted by Gasteiger charge is 2.27. The fraction of sp³-hybridized carbons (Fsp3) is 0.571. The molecule has 1 aliphatic heterocycles. The Morgan fingerprint density at radius 3 is 2.57 bits per heavy atom. The van der Waals surface area contributed by atoms with E-state index in [1.807, 2.05) is 18.2 Å². The molecule has 1 atom stereocenters. The van der Waals surface area contributed by atoms with Gasteiger partial charge in [0.05, 0.1) is 7.11 Å². The lowest BCUT2D eigenvalue weighted by Crippen LogP contribution is -2.45. The van der Waals surface area contributed by atoms with Crippen molar-refractivity contribution in [2.45, 2.75) is 18.9 Å². The van der Waals surface area contributed by atoms with Crippen LogP contribution in [0.4, 0.5) is 8.78 Å². The number of piperazine rings is 1. The molecule has 2 rings (SSSR count). The number of ether oxygens (including phenoxy) is 1. The fourth-order valence-electron chi connectivity index (χ4n) is 2.54. The molecule has 3 nitrogen and oxygen atoms in total. The molecule has 1 N–H and O–H groups in total. The summed E-state index contributed by atoms with van der Waals surface area (Å²) in [6, 6.07) is 5.24. The van der Waals surface area contributed by atoms with Crippen LogP contribution in [-0.2, 0) is 0 Å². The molecule has 0 aliphatic carbocycles. The SMILES string of the molecule is COc1ccc(Br)c([C@@H](CC(F)F)N2CCNCC2)c1.Cl. The van der Waals surface area contributed by atoms with E-state index in [1.165, 1.54) is 0 Å². The van der Waals surface area contributed by atoms with Crippen molar-refractivity contribution in [3.8, 4) is 5.75 Å². The summed E-state index contributed by atoms with van der Waals surface area (Å²) >= 11 is 3.47. The van der Waals surface area contributed by atoms with Crippen molar-refractivity contribution in [2.24, 2.45) is 0 Å². The number of nitrogens with one attached hydrogen (secondary N) is 1. The van der Waals surface area contributed by atoms with E-state index >= 15 is 0 Å². The van der Waals surface area contributed by atoms with Crippen LogP contribution in [0.2, 0.25) is 0 Å². The van der Waals surface area contributed by atoms with Gasteiger partial charge in [-0.25, -0.2) is 8.78 Å². The Hall–Kier alpha value is -0.430. The number of hydrogen-bond acceptors (Lipinski definition) is 3. The number of methoxy groups -OCH3 is 1. The predicted octanol–water partition coefficient (Wildman–Crippen LogP) is 3.48. The second-order valence-electron chi connectivity index (χ2n) is 4.82. The number of benzene rings is 1. The molecule has 120 valence electrons. The van der Waals surface area contributed by atoms with E-state index in [1.54, 1.807) is 7.11 Å². The fourth-order valence-corrected chi connectivity index (χ4v) is 3.05. The standard InChI is InChI=1S/C14H19BrF2N2O.ClH/c1-20-10-2-3-12(15)11(8-10)13(9-14(16)17)19-6-4-18-5-7-19;/h2-3,8,13-14,18H,4-7,9H2,1H3;1H/t13-;/m1./s1. The number of halogens is 4. The Labute approximate surface area is 138 Å². The van der Waals surface area contributed by atoms with Crippen LogP contribution in [0.5, 0.6) is 5.75 Å². The van der Waals surface area contributed by atoms with E-state index in [-0.39, 0.29) is 24.9 Å². The van der Waals surface area contributed by atoms with Gasteiger partial charge >= 0.3 is 0 Å². The van der Waals surface area contributed by atoms with Crippen LogP contribution < -0.4 is 10.1 Å². The molecule has 0 unspecified atom stereocenters. The number of hydrogen-bond donors (Lipinski definition) is 1. The van der Waals surface area contributed by atoms with E-state index in [0.29, 0.717) is 5.75 Å². The van der Waals surface area contributed by atoms with Gasteiger partial charge in [0.1, 0.15) is 5.75 Å². The lowest BCUT2D eigenvalue weighted by molar-refractivity contribution is 0.0735. The quantitative estimate of drug-likeness (QED) is 0.840. The van der Waals surface area contributed by atoms with Gasteiger partial charge < -0.3 is 10.1 Å².